The van der Waals surface area contributed by atoms with Crippen molar-refractivity contribution in [1.29, 1.82) is 0 Å². The number of nitrogens with zero attached hydrogens (tertiary/aromatic N) is 4. The van der Waals surface area contributed by atoms with Gasteiger partial charge < -0.3 is 19.9 Å². The minimum atomic E-state index is -0.292. The Morgan fingerprint density at radius 3 is 2.48 bits per heavy atom. The van der Waals surface area contributed by atoms with Crippen molar-refractivity contribution in [2.24, 2.45) is 0 Å². The fourth-order valence-electron chi connectivity index (χ4n) is 2.96. The molecule has 8 heteroatoms. The van der Waals surface area contributed by atoms with Crippen LogP contribution in [0.25, 0.3) is 0 Å². The van der Waals surface area contributed by atoms with Crippen LogP contribution in [0.1, 0.15) is 12.0 Å². The zero-order chi connectivity index (χ0) is 19.1. The number of para-hydroxylation sites is 1. The second kappa shape index (κ2) is 8.98. The van der Waals surface area contributed by atoms with E-state index in [0.29, 0.717) is 44.4 Å². The van der Waals surface area contributed by atoms with E-state index in [4.69, 9.17) is 4.74 Å². The first-order valence-corrected chi connectivity index (χ1v) is 8.85. The number of amides is 2. The van der Waals surface area contributed by atoms with Crippen LogP contribution >= 0.6 is 0 Å². The molecule has 2 amide bonds. The van der Waals surface area contributed by atoms with E-state index in [-0.39, 0.29) is 18.2 Å². The van der Waals surface area contributed by atoms with E-state index in [1.807, 2.05) is 29.2 Å². The minimum absolute atomic E-state index is 0.156. The van der Waals surface area contributed by atoms with Crippen LogP contribution in [0.15, 0.2) is 42.7 Å². The third-order valence-electron chi connectivity index (χ3n) is 4.45. The smallest absolute Gasteiger partial charge is 0.232 e. The van der Waals surface area contributed by atoms with Gasteiger partial charge in [0.1, 0.15) is 12.2 Å². The summed E-state index contributed by atoms with van der Waals surface area (Å²) in [7, 11) is 1.59. The maximum atomic E-state index is 12.4. The molecule has 0 saturated carbocycles. The summed E-state index contributed by atoms with van der Waals surface area (Å²) in [6, 6.07) is 9.24. The Labute approximate surface area is 158 Å². The number of hydrogen-bond acceptors (Lipinski definition) is 6. The van der Waals surface area contributed by atoms with Crippen LogP contribution in [0.4, 0.5) is 5.95 Å². The maximum absolute atomic E-state index is 12.4. The molecule has 1 saturated heterocycles. The molecule has 1 N–H and O–H groups in total. The number of anilines is 1. The van der Waals surface area contributed by atoms with Crippen LogP contribution in [0.2, 0.25) is 0 Å². The second-order valence-corrected chi connectivity index (χ2v) is 6.18. The van der Waals surface area contributed by atoms with E-state index in [0.717, 1.165) is 5.56 Å². The summed E-state index contributed by atoms with van der Waals surface area (Å²) in [6.07, 6.45) is 3.24. The van der Waals surface area contributed by atoms with Crippen molar-refractivity contribution >= 4 is 17.8 Å². The highest BCUT2D eigenvalue weighted by molar-refractivity contribution is 5.97. The number of rotatable bonds is 6. The Morgan fingerprint density at radius 1 is 1.07 bits per heavy atom. The van der Waals surface area contributed by atoms with E-state index < -0.39 is 0 Å². The number of benzene rings is 1. The molecule has 3 rings (SSSR count). The van der Waals surface area contributed by atoms with Gasteiger partial charge in [-0.1, -0.05) is 18.2 Å². The van der Waals surface area contributed by atoms with Crippen molar-refractivity contribution in [2.45, 2.75) is 13.0 Å². The van der Waals surface area contributed by atoms with Gasteiger partial charge in [0.25, 0.3) is 0 Å². The number of aromatic nitrogens is 2. The Bertz CT molecular complexity index is 776. The number of nitrogens with one attached hydrogen (secondary N) is 1. The van der Waals surface area contributed by atoms with Gasteiger partial charge in [0.05, 0.1) is 7.11 Å². The van der Waals surface area contributed by atoms with Crippen LogP contribution in [0.5, 0.6) is 5.75 Å². The number of hydrogen-bond donors (Lipinski definition) is 1. The Morgan fingerprint density at radius 2 is 1.78 bits per heavy atom. The standard InChI is InChI=1S/C19H23N5O3/c1-27-16-6-3-2-5-15(16)14-22-17(25)13-18(26)23-9-11-24(12-10-23)19-20-7-4-8-21-19/h2-8H,9-14H2,1H3,(H,22,25). The van der Waals surface area contributed by atoms with Crippen LogP contribution in [0, 0.1) is 0 Å². The first kappa shape index (κ1) is 18.6. The molecule has 142 valence electrons. The lowest BCUT2D eigenvalue weighted by atomic mass is 10.2. The molecule has 0 atom stereocenters. The SMILES string of the molecule is COc1ccccc1CNC(=O)CC(=O)N1CCN(c2ncccn2)CC1. The fourth-order valence-corrected chi connectivity index (χ4v) is 2.96. The summed E-state index contributed by atoms with van der Waals surface area (Å²) in [4.78, 5) is 36.7. The van der Waals surface area contributed by atoms with Crippen LogP contribution in [0.3, 0.4) is 0 Å². The Hall–Kier alpha value is -3.16. The minimum Gasteiger partial charge on any atom is -0.496 e. The molecule has 1 aliphatic heterocycles. The number of carbonyl (C=O) groups excluding carboxylic acids is 2. The predicted molar refractivity (Wildman–Crippen MR) is 100 cm³/mol. The van der Waals surface area contributed by atoms with Gasteiger partial charge in [-0.2, -0.15) is 0 Å². The summed E-state index contributed by atoms with van der Waals surface area (Å²) < 4.78 is 5.26. The van der Waals surface area contributed by atoms with E-state index in [1.165, 1.54) is 0 Å². The molecular formula is C19H23N5O3. The van der Waals surface area contributed by atoms with E-state index >= 15 is 0 Å². The second-order valence-electron chi connectivity index (χ2n) is 6.18. The lowest BCUT2D eigenvalue weighted by molar-refractivity contribution is -0.136. The molecule has 2 heterocycles. The summed E-state index contributed by atoms with van der Waals surface area (Å²) in [5.74, 6) is 0.920. The molecule has 0 unspecified atom stereocenters. The van der Waals surface area contributed by atoms with Crippen molar-refractivity contribution in [3.8, 4) is 5.75 Å². The molecule has 27 heavy (non-hydrogen) atoms. The van der Waals surface area contributed by atoms with Gasteiger partial charge >= 0.3 is 0 Å². The average molecular weight is 369 g/mol. The maximum Gasteiger partial charge on any atom is 0.232 e. The van der Waals surface area contributed by atoms with E-state index in [1.54, 1.807) is 30.5 Å². The van der Waals surface area contributed by atoms with Crippen molar-refractivity contribution in [3.05, 3.63) is 48.3 Å². The largest absolute Gasteiger partial charge is 0.496 e. The molecule has 2 aromatic rings. The van der Waals surface area contributed by atoms with Crippen molar-refractivity contribution < 1.29 is 14.3 Å². The lowest BCUT2D eigenvalue weighted by Gasteiger charge is -2.34. The third-order valence-corrected chi connectivity index (χ3v) is 4.45. The summed E-state index contributed by atoms with van der Waals surface area (Å²) in [5, 5.41) is 2.78. The zero-order valence-corrected chi connectivity index (χ0v) is 15.3. The number of piperazine rings is 1. The normalized spacial score (nSPS) is 14.0. The van der Waals surface area contributed by atoms with Gasteiger partial charge in [-0.15, -0.1) is 0 Å². The van der Waals surface area contributed by atoms with Crippen LogP contribution in [-0.2, 0) is 16.1 Å². The van der Waals surface area contributed by atoms with E-state index in [2.05, 4.69) is 15.3 Å². The Kier molecular flexibility index (Phi) is 6.19. The molecule has 8 nitrogen and oxygen atoms in total. The first-order chi connectivity index (χ1) is 13.2. The molecule has 1 aliphatic rings. The molecule has 0 radical (unpaired) electrons. The van der Waals surface area contributed by atoms with Gasteiger partial charge in [-0.25, -0.2) is 9.97 Å². The van der Waals surface area contributed by atoms with Gasteiger partial charge in [0.2, 0.25) is 17.8 Å². The first-order valence-electron chi connectivity index (χ1n) is 8.85. The topological polar surface area (TPSA) is 87.7 Å². The highest BCUT2D eigenvalue weighted by atomic mass is 16.5. The van der Waals surface area contributed by atoms with Crippen molar-refractivity contribution in [2.75, 3.05) is 38.2 Å². The van der Waals surface area contributed by atoms with Crippen LogP contribution in [-0.4, -0.2) is 60.0 Å². The van der Waals surface area contributed by atoms with Gasteiger partial charge in [-0.3, -0.25) is 9.59 Å². The molecule has 1 fully saturated rings. The van der Waals surface area contributed by atoms with E-state index in [9.17, 15) is 9.59 Å². The zero-order valence-electron chi connectivity index (χ0n) is 15.3. The number of carbonyl (C=O) groups is 2. The number of ether oxygens (including phenoxy) is 1. The third kappa shape index (κ3) is 4.93. The molecule has 1 aromatic carbocycles. The predicted octanol–water partition coefficient (Wildman–Crippen LogP) is 0.840. The lowest BCUT2D eigenvalue weighted by Crippen LogP contribution is -2.50. The molecule has 0 aliphatic carbocycles. The summed E-state index contributed by atoms with van der Waals surface area (Å²) >= 11 is 0. The fraction of sp³-hybridized carbons (Fsp3) is 0.368. The van der Waals surface area contributed by atoms with Gasteiger partial charge in [0.15, 0.2) is 0 Å². The summed E-state index contributed by atoms with van der Waals surface area (Å²) in [6.45, 7) is 2.74. The van der Waals surface area contributed by atoms with Crippen molar-refractivity contribution in [1.82, 2.24) is 20.2 Å². The Balaban J connectivity index is 1.44. The van der Waals surface area contributed by atoms with Gasteiger partial charge in [-0.05, 0) is 12.1 Å². The highest BCUT2D eigenvalue weighted by Gasteiger charge is 2.23. The van der Waals surface area contributed by atoms with Crippen LogP contribution < -0.4 is 15.0 Å². The molecule has 1 aromatic heterocycles. The monoisotopic (exact) mass is 369 g/mol. The summed E-state index contributed by atoms with van der Waals surface area (Å²) in [5.41, 5.74) is 0.872. The highest BCUT2D eigenvalue weighted by Crippen LogP contribution is 2.16. The number of methoxy groups -OCH3 is 1. The van der Waals surface area contributed by atoms with Crippen molar-refractivity contribution in [3.63, 3.8) is 0 Å². The molecule has 0 bridgehead atoms. The quantitative estimate of drug-likeness (QED) is 0.760. The molecular weight excluding hydrogens is 346 g/mol. The van der Waals surface area contributed by atoms with Gasteiger partial charge in [0, 0.05) is 50.7 Å². The average Bonchev–Trinajstić information content (AvgIpc) is 2.73. The molecule has 0 spiro atoms.